The third-order valence-electron chi connectivity index (χ3n) is 4.50. The van der Waals surface area contributed by atoms with Crippen molar-refractivity contribution in [2.75, 3.05) is 0 Å². The smallest absolute Gasteiger partial charge is 0.360 e. The summed E-state index contributed by atoms with van der Waals surface area (Å²) in [6.45, 7) is 4.63. The van der Waals surface area contributed by atoms with Gasteiger partial charge >= 0.3 is 21.1 Å². The van der Waals surface area contributed by atoms with Crippen LogP contribution in [0.3, 0.4) is 0 Å². The fourth-order valence-electron chi connectivity index (χ4n) is 2.92. The van der Waals surface area contributed by atoms with Crippen molar-refractivity contribution in [1.29, 1.82) is 0 Å². The van der Waals surface area contributed by atoms with Gasteiger partial charge in [-0.05, 0) is 32.0 Å². The molecule has 0 amide bonds. The average molecular weight is 570 g/mol. The Morgan fingerprint density at radius 1 is 0.963 bits per heavy atom. The van der Waals surface area contributed by atoms with Crippen LogP contribution in [0, 0.1) is 12.3 Å². The van der Waals surface area contributed by atoms with Crippen molar-refractivity contribution in [1.82, 2.24) is 14.8 Å². The zero-order valence-electron chi connectivity index (χ0n) is 15.0. The van der Waals surface area contributed by atoms with Crippen molar-refractivity contribution in [3.63, 3.8) is 0 Å². The molecule has 2 atom stereocenters. The molecular formula is C21H19N3P2Pt+2. The molecule has 27 heavy (non-hydrogen) atoms. The SMILES string of the molecule is CC(C)(c1cccc(-c2[c-]ccnc2)[pH+]1)c1cccc(-n2[c-]ccn2)[pH+]1.[Pt+2]. The second-order valence-corrected chi connectivity index (χ2v) is 9.21. The molecule has 0 radical (unpaired) electrons. The molecule has 0 saturated heterocycles. The Morgan fingerprint density at radius 3 is 2.44 bits per heavy atom. The van der Waals surface area contributed by atoms with Gasteiger partial charge in [-0.25, -0.2) is 0 Å². The van der Waals surface area contributed by atoms with Crippen molar-refractivity contribution in [3.05, 3.63) is 90.0 Å². The molecule has 0 saturated carbocycles. The number of hydrogen-bond donors (Lipinski definition) is 0. The molecule has 6 heteroatoms. The normalized spacial score (nSPS) is 11.6. The van der Waals surface area contributed by atoms with Crippen molar-refractivity contribution in [2.24, 2.45) is 0 Å². The van der Waals surface area contributed by atoms with Gasteiger partial charge in [0.1, 0.15) is 16.0 Å². The van der Waals surface area contributed by atoms with Crippen LogP contribution in [0.4, 0.5) is 0 Å². The second-order valence-electron chi connectivity index (χ2n) is 6.58. The first kappa shape index (κ1) is 20.1. The Hall–Kier alpha value is -1.65. The predicted molar refractivity (Wildman–Crippen MR) is 111 cm³/mol. The molecule has 4 rings (SSSR count). The van der Waals surface area contributed by atoms with E-state index in [4.69, 9.17) is 0 Å². The molecular weight excluding hydrogens is 551 g/mol. The Kier molecular flexibility index (Phi) is 6.38. The maximum absolute atomic E-state index is 4.33. The Bertz CT molecular complexity index is 1020. The van der Waals surface area contributed by atoms with E-state index in [0.29, 0.717) is 16.4 Å². The molecule has 3 nitrogen and oxygen atoms in total. The molecule has 0 aliphatic carbocycles. The molecule has 0 aliphatic heterocycles. The number of rotatable bonds is 4. The van der Waals surface area contributed by atoms with Crippen LogP contribution in [-0.4, -0.2) is 14.8 Å². The van der Waals surface area contributed by atoms with Gasteiger partial charge in [0.05, 0.1) is 27.1 Å². The summed E-state index contributed by atoms with van der Waals surface area (Å²) in [7, 11) is 1.20. The van der Waals surface area contributed by atoms with Gasteiger partial charge in [-0.15, -0.1) is 18.2 Å². The molecule has 0 aromatic carbocycles. The zero-order chi connectivity index (χ0) is 18.0. The van der Waals surface area contributed by atoms with E-state index >= 15 is 0 Å². The number of hydrogen-bond acceptors (Lipinski definition) is 2. The minimum absolute atomic E-state index is 0. The van der Waals surface area contributed by atoms with E-state index in [2.05, 4.69) is 72.6 Å². The van der Waals surface area contributed by atoms with E-state index in [-0.39, 0.29) is 26.5 Å². The summed E-state index contributed by atoms with van der Waals surface area (Å²) >= 11 is 0. The van der Waals surface area contributed by atoms with Crippen molar-refractivity contribution in [3.8, 4) is 16.3 Å². The molecule has 4 aromatic rings. The van der Waals surface area contributed by atoms with Crippen LogP contribution >= 0.6 is 16.4 Å². The van der Waals surface area contributed by atoms with E-state index in [1.54, 1.807) is 12.4 Å². The molecule has 0 aliphatic rings. The predicted octanol–water partition coefficient (Wildman–Crippen LogP) is 5.48. The van der Waals surface area contributed by atoms with Crippen LogP contribution in [0.25, 0.3) is 16.3 Å². The molecule has 2 unspecified atom stereocenters. The Morgan fingerprint density at radius 2 is 1.74 bits per heavy atom. The van der Waals surface area contributed by atoms with E-state index < -0.39 is 0 Å². The van der Waals surface area contributed by atoms with Gasteiger partial charge in [0.2, 0.25) is 0 Å². The van der Waals surface area contributed by atoms with Gasteiger partial charge in [0.15, 0.2) is 0 Å². The fraction of sp³-hybridized carbons (Fsp3) is 0.143. The van der Waals surface area contributed by atoms with Crippen LogP contribution in [-0.2, 0) is 26.5 Å². The number of nitrogens with zero attached hydrogens (tertiary/aromatic N) is 3. The molecule has 0 N–H and O–H groups in total. The fourth-order valence-corrected chi connectivity index (χ4v) is 5.73. The summed E-state index contributed by atoms with van der Waals surface area (Å²) in [4.78, 5) is 4.24. The Balaban J connectivity index is 0.00000210. The van der Waals surface area contributed by atoms with Crippen molar-refractivity contribution < 1.29 is 21.1 Å². The summed E-state index contributed by atoms with van der Waals surface area (Å²) in [5.74, 6) is 0. The van der Waals surface area contributed by atoms with E-state index in [0.717, 1.165) is 5.56 Å². The monoisotopic (exact) mass is 570 g/mol. The first-order valence-electron chi connectivity index (χ1n) is 8.44. The van der Waals surface area contributed by atoms with Crippen LogP contribution < -0.4 is 0 Å². The molecule has 136 valence electrons. The van der Waals surface area contributed by atoms with E-state index in [1.807, 2.05) is 23.0 Å². The van der Waals surface area contributed by atoms with Crippen LogP contribution in [0.1, 0.15) is 24.4 Å². The summed E-state index contributed by atoms with van der Waals surface area (Å²) in [6, 6.07) is 20.1. The van der Waals surface area contributed by atoms with E-state index in [9.17, 15) is 0 Å². The number of pyridine rings is 1. The third-order valence-corrected chi connectivity index (χ3v) is 7.96. The topological polar surface area (TPSA) is 30.7 Å². The van der Waals surface area contributed by atoms with Crippen LogP contribution in [0.5, 0.6) is 0 Å². The summed E-state index contributed by atoms with van der Waals surface area (Å²) in [6.07, 6.45) is 8.58. The largest absolute Gasteiger partial charge is 2.00 e. The van der Waals surface area contributed by atoms with Gasteiger partial charge in [0.25, 0.3) is 0 Å². The first-order valence-corrected chi connectivity index (χ1v) is 10.4. The summed E-state index contributed by atoms with van der Waals surface area (Å²) in [5, 5.41) is 8.48. The zero-order valence-corrected chi connectivity index (χ0v) is 19.3. The Labute approximate surface area is 177 Å². The summed E-state index contributed by atoms with van der Waals surface area (Å²) < 4.78 is 1.84. The summed E-state index contributed by atoms with van der Waals surface area (Å²) in [5.41, 5.74) is 2.25. The number of aromatic nitrogens is 3. The van der Waals surface area contributed by atoms with Gasteiger partial charge < -0.3 is 9.67 Å². The minimum atomic E-state index is -0.0156. The van der Waals surface area contributed by atoms with Crippen LogP contribution in [0.2, 0.25) is 0 Å². The molecule has 0 fully saturated rings. The quantitative estimate of drug-likeness (QED) is 0.305. The van der Waals surface area contributed by atoms with E-state index in [1.165, 1.54) is 21.3 Å². The first-order chi connectivity index (χ1) is 12.6. The standard InChI is InChI=1S/C21H17N3P2.Pt/c1-21(2,19-10-4-11-20(26-19)24-14-6-13-23-24)18-9-3-8-17(25-18)16-7-5-12-22-15-16;/h3-6,8-13,15H,1-2H3;/q-2;+2/p+2. The maximum Gasteiger partial charge on any atom is 2.00 e. The van der Waals surface area contributed by atoms with Crippen molar-refractivity contribution in [2.45, 2.75) is 19.3 Å². The third kappa shape index (κ3) is 4.27. The minimum Gasteiger partial charge on any atom is -0.360 e. The van der Waals surface area contributed by atoms with Gasteiger partial charge in [0, 0.05) is 0 Å². The molecule has 0 bridgehead atoms. The molecule has 4 aromatic heterocycles. The second kappa shape index (κ2) is 8.57. The van der Waals surface area contributed by atoms with Gasteiger partial charge in [-0.1, -0.05) is 48.5 Å². The van der Waals surface area contributed by atoms with Gasteiger partial charge in [-0.3, -0.25) is 5.10 Å². The molecule has 0 spiro atoms. The maximum atomic E-state index is 4.33. The molecule has 4 heterocycles. The van der Waals surface area contributed by atoms with Crippen LogP contribution in [0.15, 0.2) is 67.1 Å². The van der Waals surface area contributed by atoms with Crippen molar-refractivity contribution >= 4 is 16.4 Å². The van der Waals surface area contributed by atoms with Gasteiger partial charge in [-0.2, -0.15) is 0 Å². The average Bonchev–Trinajstić information content (AvgIpc) is 3.24.